The van der Waals surface area contributed by atoms with E-state index in [9.17, 15) is 0 Å². The van der Waals surface area contributed by atoms with Crippen molar-refractivity contribution in [3.63, 3.8) is 0 Å². The Morgan fingerprint density at radius 2 is 1.92 bits per heavy atom. The first-order valence-electron chi connectivity index (χ1n) is 4.64. The molecule has 2 rings (SSSR count). The predicted octanol–water partition coefficient (Wildman–Crippen LogP) is 1.47. The van der Waals surface area contributed by atoms with Crippen molar-refractivity contribution >= 4 is 7.69 Å². The van der Waals surface area contributed by atoms with Crippen LogP contribution in [0.2, 0.25) is 0 Å². The Balaban J connectivity index is 2.24. The SMILES string of the molecule is O[B]Oc1ccc2c(c1)CCCC2. The summed E-state index contributed by atoms with van der Waals surface area (Å²) in [6.45, 7) is 0. The molecule has 0 amide bonds. The number of rotatable bonds is 2. The quantitative estimate of drug-likeness (QED) is 0.689. The summed E-state index contributed by atoms with van der Waals surface area (Å²) in [6.07, 6.45) is 4.87. The van der Waals surface area contributed by atoms with E-state index in [2.05, 4.69) is 6.07 Å². The molecule has 67 valence electrons. The van der Waals surface area contributed by atoms with Gasteiger partial charge in [-0.25, -0.2) is 0 Å². The number of fused-ring (bicyclic) bond motifs is 1. The summed E-state index contributed by atoms with van der Waals surface area (Å²) in [5.41, 5.74) is 2.79. The highest BCUT2D eigenvalue weighted by atomic mass is 16.5. The zero-order chi connectivity index (χ0) is 9.10. The molecule has 0 saturated carbocycles. The standard InChI is InChI=1S/C10H12BO2/c12-11-13-10-6-5-8-3-1-2-4-9(8)7-10/h5-7,12H,1-4H2. The van der Waals surface area contributed by atoms with Gasteiger partial charge >= 0.3 is 7.69 Å². The van der Waals surface area contributed by atoms with Gasteiger partial charge in [-0.05, 0) is 48.9 Å². The molecular formula is C10H12BO2. The number of hydrogen-bond donors (Lipinski definition) is 1. The lowest BCUT2D eigenvalue weighted by molar-refractivity contribution is 0.453. The molecule has 2 nitrogen and oxygen atoms in total. The first kappa shape index (κ1) is 8.63. The van der Waals surface area contributed by atoms with E-state index in [1.54, 1.807) is 0 Å². The van der Waals surface area contributed by atoms with Gasteiger partial charge in [0.1, 0.15) is 5.75 Å². The van der Waals surface area contributed by atoms with Gasteiger partial charge in [0.25, 0.3) is 0 Å². The van der Waals surface area contributed by atoms with Crippen LogP contribution in [0.3, 0.4) is 0 Å². The minimum atomic E-state index is 0.725. The van der Waals surface area contributed by atoms with E-state index in [1.165, 1.54) is 30.4 Å². The van der Waals surface area contributed by atoms with Crippen LogP contribution >= 0.6 is 0 Å². The zero-order valence-electron chi connectivity index (χ0n) is 7.49. The summed E-state index contributed by atoms with van der Waals surface area (Å²) >= 11 is 0. The van der Waals surface area contributed by atoms with E-state index >= 15 is 0 Å². The van der Waals surface area contributed by atoms with Crippen molar-refractivity contribution in [2.75, 3.05) is 0 Å². The Labute approximate surface area is 78.9 Å². The van der Waals surface area contributed by atoms with Gasteiger partial charge in [-0.15, -0.1) is 0 Å². The summed E-state index contributed by atoms with van der Waals surface area (Å²) in [5.74, 6) is 0.725. The molecule has 1 N–H and O–H groups in total. The highest BCUT2D eigenvalue weighted by molar-refractivity contribution is 6.17. The van der Waals surface area contributed by atoms with Crippen LogP contribution in [0, 0.1) is 0 Å². The van der Waals surface area contributed by atoms with E-state index in [4.69, 9.17) is 9.68 Å². The van der Waals surface area contributed by atoms with E-state index in [0.717, 1.165) is 19.9 Å². The van der Waals surface area contributed by atoms with Gasteiger partial charge < -0.3 is 9.68 Å². The predicted molar refractivity (Wildman–Crippen MR) is 51.7 cm³/mol. The van der Waals surface area contributed by atoms with Crippen molar-refractivity contribution in [3.05, 3.63) is 29.3 Å². The van der Waals surface area contributed by atoms with Crippen molar-refractivity contribution in [2.24, 2.45) is 0 Å². The van der Waals surface area contributed by atoms with E-state index in [1.807, 2.05) is 12.1 Å². The zero-order valence-corrected chi connectivity index (χ0v) is 7.49. The van der Waals surface area contributed by atoms with Crippen molar-refractivity contribution in [3.8, 4) is 5.75 Å². The van der Waals surface area contributed by atoms with Gasteiger partial charge in [0.05, 0.1) is 0 Å². The molecule has 0 spiro atoms. The summed E-state index contributed by atoms with van der Waals surface area (Å²) in [6, 6.07) is 6.01. The second-order valence-corrected chi connectivity index (χ2v) is 3.36. The fraction of sp³-hybridized carbons (Fsp3) is 0.400. The number of benzene rings is 1. The minimum absolute atomic E-state index is 0.725. The smallest absolute Gasteiger partial charge is 0.537 e. The van der Waals surface area contributed by atoms with Gasteiger partial charge in [0.15, 0.2) is 0 Å². The molecule has 0 fully saturated rings. The molecule has 13 heavy (non-hydrogen) atoms. The Bertz CT molecular complexity index is 299. The molecule has 0 aromatic heterocycles. The molecule has 1 aliphatic rings. The Morgan fingerprint density at radius 3 is 2.69 bits per heavy atom. The van der Waals surface area contributed by atoms with E-state index in [-0.39, 0.29) is 0 Å². The number of aryl methyl sites for hydroxylation is 2. The lowest BCUT2D eigenvalue weighted by Crippen LogP contribution is -2.05. The monoisotopic (exact) mass is 175 g/mol. The van der Waals surface area contributed by atoms with Crippen LogP contribution < -0.4 is 4.65 Å². The minimum Gasteiger partial charge on any atom is -0.537 e. The van der Waals surface area contributed by atoms with E-state index < -0.39 is 0 Å². The van der Waals surface area contributed by atoms with E-state index in [0.29, 0.717) is 0 Å². The van der Waals surface area contributed by atoms with Gasteiger partial charge in [0.2, 0.25) is 0 Å². The van der Waals surface area contributed by atoms with Crippen molar-refractivity contribution in [1.82, 2.24) is 0 Å². The highest BCUT2D eigenvalue weighted by Crippen LogP contribution is 2.24. The van der Waals surface area contributed by atoms with Gasteiger partial charge in [-0.3, -0.25) is 0 Å². The average molecular weight is 175 g/mol. The summed E-state index contributed by atoms with van der Waals surface area (Å²) in [4.78, 5) is 0. The molecule has 0 aliphatic heterocycles. The maximum atomic E-state index is 8.48. The molecule has 0 atom stereocenters. The highest BCUT2D eigenvalue weighted by Gasteiger charge is 2.09. The maximum Gasteiger partial charge on any atom is 0.569 e. The molecule has 0 saturated heterocycles. The fourth-order valence-corrected chi connectivity index (χ4v) is 1.84. The van der Waals surface area contributed by atoms with Gasteiger partial charge in [0, 0.05) is 0 Å². The van der Waals surface area contributed by atoms with Crippen LogP contribution in [0.1, 0.15) is 24.0 Å². The Hall–Kier alpha value is -0.955. The topological polar surface area (TPSA) is 29.5 Å². The fourth-order valence-electron chi connectivity index (χ4n) is 1.84. The molecule has 1 aromatic rings. The average Bonchev–Trinajstić information content (AvgIpc) is 2.18. The van der Waals surface area contributed by atoms with Crippen LogP contribution in [-0.2, 0) is 12.8 Å². The largest absolute Gasteiger partial charge is 0.569 e. The molecule has 3 heteroatoms. The second-order valence-electron chi connectivity index (χ2n) is 3.36. The molecule has 1 radical (unpaired) electrons. The van der Waals surface area contributed by atoms with Gasteiger partial charge in [-0.2, -0.15) is 0 Å². The van der Waals surface area contributed by atoms with Crippen molar-refractivity contribution < 1.29 is 9.68 Å². The molecule has 0 heterocycles. The summed E-state index contributed by atoms with van der Waals surface area (Å²) in [5, 5.41) is 8.48. The lowest BCUT2D eigenvalue weighted by atomic mass is 9.92. The first-order chi connectivity index (χ1) is 6.40. The molecule has 0 unspecified atom stereocenters. The first-order valence-corrected chi connectivity index (χ1v) is 4.64. The molecular weight excluding hydrogens is 163 g/mol. The summed E-state index contributed by atoms with van der Waals surface area (Å²) < 4.78 is 4.90. The van der Waals surface area contributed by atoms with Crippen LogP contribution in [0.5, 0.6) is 5.75 Å². The van der Waals surface area contributed by atoms with Crippen LogP contribution in [0.4, 0.5) is 0 Å². The van der Waals surface area contributed by atoms with Gasteiger partial charge in [-0.1, -0.05) is 6.07 Å². The second kappa shape index (κ2) is 3.84. The maximum absolute atomic E-state index is 8.48. The number of hydrogen-bond acceptors (Lipinski definition) is 2. The molecule has 0 bridgehead atoms. The molecule has 1 aromatic carbocycles. The Morgan fingerprint density at radius 1 is 1.15 bits per heavy atom. The van der Waals surface area contributed by atoms with Crippen LogP contribution in [0.25, 0.3) is 0 Å². The normalized spacial score (nSPS) is 14.8. The summed E-state index contributed by atoms with van der Waals surface area (Å²) in [7, 11) is 0.727. The Kier molecular flexibility index (Phi) is 2.55. The third-order valence-corrected chi connectivity index (χ3v) is 2.51. The lowest BCUT2D eigenvalue weighted by Gasteiger charge is -2.16. The van der Waals surface area contributed by atoms with Crippen molar-refractivity contribution in [2.45, 2.75) is 25.7 Å². The molecule has 1 aliphatic carbocycles. The van der Waals surface area contributed by atoms with Crippen LogP contribution in [0.15, 0.2) is 18.2 Å². The van der Waals surface area contributed by atoms with Crippen LogP contribution in [-0.4, -0.2) is 12.7 Å². The third-order valence-electron chi connectivity index (χ3n) is 2.51. The van der Waals surface area contributed by atoms with Crippen molar-refractivity contribution in [1.29, 1.82) is 0 Å². The third kappa shape index (κ3) is 1.86.